The molecule has 8 nitrogen and oxygen atoms in total. The number of esters is 1. The second-order valence-corrected chi connectivity index (χ2v) is 8.68. The number of ether oxygens (including phenoxy) is 3. The van der Waals surface area contributed by atoms with Crippen LogP contribution in [0.1, 0.15) is 53.9 Å². The van der Waals surface area contributed by atoms with Crippen LogP contribution in [-0.2, 0) is 11.2 Å². The summed E-state index contributed by atoms with van der Waals surface area (Å²) in [5, 5.41) is 0. The van der Waals surface area contributed by atoms with E-state index in [0.29, 0.717) is 42.0 Å². The van der Waals surface area contributed by atoms with Crippen LogP contribution < -0.4 is 15.0 Å². The first-order valence-electron chi connectivity index (χ1n) is 12.4. The van der Waals surface area contributed by atoms with E-state index in [0.717, 1.165) is 48.6 Å². The van der Waals surface area contributed by atoms with E-state index in [2.05, 4.69) is 18.7 Å². The van der Waals surface area contributed by atoms with Gasteiger partial charge in [-0.05, 0) is 74.3 Å². The monoisotopic (exact) mass is 491 g/mol. The number of rotatable bonds is 9. The maximum absolute atomic E-state index is 13.4. The van der Waals surface area contributed by atoms with Crippen LogP contribution in [0.3, 0.4) is 0 Å². The summed E-state index contributed by atoms with van der Waals surface area (Å²) in [5.74, 6) is 0.998. The first-order valence-corrected chi connectivity index (χ1v) is 12.4. The molecule has 1 aliphatic rings. The zero-order chi connectivity index (χ0) is 25.7. The van der Waals surface area contributed by atoms with Crippen molar-refractivity contribution in [2.24, 2.45) is 0 Å². The largest absolute Gasteiger partial charge is 0.497 e. The fraction of sp³-hybridized carbons (Fsp3) is 0.393. The highest BCUT2D eigenvalue weighted by Gasteiger charge is 2.22. The lowest BCUT2D eigenvalue weighted by molar-refractivity contribution is 0.0466. The molecule has 4 rings (SSSR count). The summed E-state index contributed by atoms with van der Waals surface area (Å²) in [7, 11) is 3.25. The zero-order valence-corrected chi connectivity index (χ0v) is 21.4. The Balaban J connectivity index is 1.67. The van der Waals surface area contributed by atoms with Gasteiger partial charge in [0.1, 0.15) is 23.8 Å². The van der Waals surface area contributed by atoms with Crippen LogP contribution in [0.2, 0.25) is 0 Å². The van der Waals surface area contributed by atoms with Crippen molar-refractivity contribution in [2.75, 3.05) is 40.5 Å². The van der Waals surface area contributed by atoms with E-state index in [1.54, 1.807) is 26.4 Å². The van der Waals surface area contributed by atoms with Crippen LogP contribution >= 0.6 is 0 Å². The molecule has 0 spiro atoms. The number of fused-ring (bicyclic) bond motifs is 2. The molecule has 0 saturated heterocycles. The number of methoxy groups -OCH3 is 2. The third kappa shape index (κ3) is 5.28. The van der Waals surface area contributed by atoms with E-state index < -0.39 is 5.97 Å². The predicted octanol–water partition coefficient (Wildman–Crippen LogP) is 4.09. The van der Waals surface area contributed by atoms with Gasteiger partial charge >= 0.3 is 5.97 Å². The van der Waals surface area contributed by atoms with Gasteiger partial charge in [-0.3, -0.25) is 9.20 Å². The van der Waals surface area contributed by atoms with Crippen LogP contribution in [-0.4, -0.2) is 60.7 Å². The maximum Gasteiger partial charge on any atom is 0.339 e. The second-order valence-electron chi connectivity index (χ2n) is 8.68. The molecular formula is C28H33N3O5. The summed E-state index contributed by atoms with van der Waals surface area (Å²) in [4.78, 5) is 33.1. The molecule has 1 aliphatic carbocycles. The fourth-order valence-electron chi connectivity index (χ4n) is 4.53. The highest BCUT2D eigenvalue weighted by Crippen LogP contribution is 2.33. The number of pyridine rings is 1. The lowest BCUT2D eigenvalue weighted by Gasteiger charge is -2.19. The van der Waals surface area contributed by atoms with Crippen molar-refractivity contribution in [1.82, 2.24) is 14.3 Å². The molecule has 0 fully saturated rings. The lowest BCUT2D eigenvalue weighted by Crippen LogP contribution is -2.28. The molecule has 0 radical (unpaired) electrons. The van der Waals surface area contributed by atoms with Gasteiger partial charge in [-0.2, -0.15) is 0 Å². The summed E-state index contributed by atoms with van der Waals surface area (Å²) >= 11 is 0. The van der Waals surface area contributed by atoms with E-state index >= 15 is 0 Å². The van der Waals surface area contributed by atoms with Crippen LogP contribution in [0, 0.1) is 0 Å². The van der Waals surface area contributed by atoms with Crippen molar-refractivity contribution >= 4 is 23.3 Å². The Morgan fingerprint density at radius 2 is 1.92 bits per heavy atom. The first-order chi connectivity index (χ1) is 17.5. The average Bonchev–Trinajstić information content (AvgIpc) is 2.91. The summed E-state index contributed by atoms with van der Waals surface area (Å²) in [6.45, 7) is 6.92. The van der Waals surface area contributed by atoms with Gasteiger partial charge in [0.05, 0.1) is 25.5 Å². The molecular weight excluding hydrogens is 458 g/mol. The number of allylic oxidation sites excluding steroid dienone is 1. The van der Waals surface area contributed by atoms with Crippen LogP contribution in [0.4, 0.5) is 0 Å². The number of nitrogens with zero attached hydrogens (tertiary/aromatic N) is 3. The Morgan fingerprint density at radius 1 is 1.11 bits per heavy atom. The number of carbonyl (C=O) groups excluding carboxylic acids is 1. The zero-order valence-electron chi connectivity index (χ0n) is 21.4. The maximum atomic E-state index is 13.4. The number of hydrogen-bond donors (Lipinski definition) is 0. The number of likely N-dealkylation sites (N-methyl/N-ethyl adjacent to an activating group) is 1. The SMILES string of the molecule is CCN(CC)CCOC(=O)c1ccc2nc3c(c(=O)n2c1)CCCC3=Cc1cc(OC)ccc1OC. The molecule has 0 N–H and O–H groups in total. The number of carbonyl (C=O) groups is 1. The molecule has 2 aromatic heterocycles. The molecule has 36 heavy (non-hydrogen) atoms. The van der Waals surface area contributed by atoms with Gasteiger partial charge in [0.25, 0.3) is 5.56 Å². The summed E-state index contributed by atoms with van der Waals surface area (Å²) in [6.07, 6.45) is 5.82. The number of hydrogen-bond acceptors (Lipinski definition) is 7. The number of aromatic nitrogens is 2. The molecule has 0 atom stereocenters. The Hall–Kier alpha value is -3.65. The highest BCUT2D eigenvalue weighted by molar-refractivity contribution is 5.89. The Labute approximate surface area is 211 Å². The van der Waals surface area contributed by atoms with E-state index in [1.165, 1.54) is 10.6 Å². The quantitative estimate of drug-likeness (QED) is 0.417. The third-order valence-corrected chi connectivity index (χ3v) is 6.63. The van der Waals surface area contributed by atoms with Crippen molar-refractivity contribution in [1.29, 1.82) is 0 Å². The predicted molar refractivity (Wildman–Crippen MR) is 140 cm³/mol. The molecule has 0 saturated carbocycles. The van der Waals surface area contributed by atoms with Crippen molar-refractivity contribution in [3.05, 3.63) is 69.3 Å². The van der Waals surface area contributed by atoms with E-state index in [1.807, 2.05) is 24.3 Å². The third-order valence-electron chi connectivity index (χ3n) is 6.63. The lowest BCUT2D eigenvalue weighted by atomic mass is 9.90. The molecule has 3 aromatic rings. The minimum absolute atomic E-state index is 0.156. The van der Waals surface area contributed by atoms with Gasteiger partial charge in [0.15, 0.2) is 0 Å². The molecule has 0 amide bonds. The minimum atomic E-state index is -0.445. The van der Waals surface area contributed by atoms with Crippen molar-refractivity contribution in [2.45, 2.75) is 33.1 Å². The van der Waals surface area contributed by atoms with Gasteiger partial charge in [0, 0.05) is 23.9 Å². The molecule has 0 aliphatic heterocycles. The van der Waals surface area contributed by atoms with Gasteiger partial charge in [-0.25, -0.2) is 9.78 Å². The van der Waals surface area contributed by atoms with Gasteiger partial charge in [-0.15, -0.1) is 0 Å². The fourth-order valence-corrected chi connectivity index (χ4v) is 4.53. The Kier molecular flexibility index (Phi) is 8.05. The molecule has 0 bridgehead atoms. The van der Waals surface area contributed by atoms with E-state index in [4.69, 9.17) is 19.2 Å². The van der Waals surface area contributed by atoms with Crippen molar-refractivity contribution in [3.8, 4) is 11.5 Å². The van der Waals surface area contributed by atoms with Gasteiger partial charge < -0.3 is 19.1 Å². The standard InChI is InChI=1S/C28H33N3O5/c1-5-30(6-2)14-15-36-28(33)20-10-13-25-29-26-19(8-7-9-23(26)27(32)31(25)18-20)16-21-17-22(34-3)11-12-24(21)35-4/h10-13,16-18H,5-9,14-15H2,1-4H3. The Morgan fingerprint density at radius 3 is 2.64 bits per heavy atom. The highest BCUT2D eigenvalue weighted by atomic mass is 16.5. The summed E-state index contributed by atoms with van der Waals surface area (Å²) in [5.41, 5.74) is 3.86. The minimum Gasteiger partial charge on any atom is -0.497 e. The van der Waals surface area contributed by atoms with Gasteiger partial charge in [0.2, 0.25) is 0 Å². The van der Waals surface area contributed by atoms with Crippen LogP contribution in [0.25, 0.3) is 17.3 Å². The molecule has 0 unspecified atom stereocenters. The summed E-state index contributed by atoms with van der Waals surface area (Å²) in [6, 6.07) is 8.97. The van der Waals surface area contributed by atoms with Crippen molar-refractivity contribution < 1.29 is 19.0 Å². The summed E-state index contributed by atoms with van der Waals surface area (Å²) < 4.78 is 17.8. The van der Waals surface area contributed by atoms with Crippen molar-refractivity contribution in [3.63, 3.8) is 0 Å². The normalized spacial score (nSPS) is 14.2. The Bertz CT molecular complexity index is 1340. The first kappa shape index (κ1) is 25.4. The number of benzene rings is 1. The molecule has 190 valence electrons. The molecule has 2 heterocycles. The van der Waals surface area contributed by atoms with Crippen LogP contribution in [0.15, 0.2) is 41.3 Å². The average molecular weight is 492 g/mol. The second kappa shape index (κ2) is 11.4. The van der Waals surface area contributed by atoms with Gasteiger partial charge in [-0.1, -0.05) is 13.8 Å². The van der Waals surface area contributed by atoms with E-state index in [9.17, 15) is 9.59 Å². The topological polar surface area (TPSA) is 82.4 Å². The van der Waals surface area contributed by atoms with E-state index in [-0.39, 0.29) is 5.56 Å². The van der Waals surface area contributed by atoms with Crippen LogP contribution in [0.5, 0.6) is 11.5 Å². The smallest absolute Gasteiger partial charge is 0.339 e. The molecule has 1 aromatic carbocycles. The molecule has 8 heteroatoms.